The average Bonchev–Trinajstić information content (AvgIpc) is 2.49. The lowest BCUT2D eigenvalue weighted by atomic mass is 9.75. The molecule has 2 unspecified atom stereocenters. The van der Waals surface area contributed by atoms with Crippen molar-refractivity contribution in [3.8, 4) is 0 Å². The van der Waals surface area contributed by atoms with E-state index in [1.165, 1.54) is 25.3 Å². The minimum absolute atomic E-state index is 0.196. The Morgan fingerprint density at radius 1 is 1.10 bits per heavy atom. The van der Waals surface area contributed by atoms with Crippen LogP contribution in [0.15, 0.2) is 12.1 Å². The lowest BCUT2D eigenvalue weighted by Crippen LogP contribution is -2.42. The third kappa shape index (κ3) is 2.61. The minimum atomic E-state index is -1.44. The van der Waals surface area contributed by atoms with E-state index in [2.05, 4.69) is 0 Å². The number of nitrogens with zero attached hydrogens (tertiary/aromatic N) is 1. The first-order valence-corrected chi connectivity index (χ1v) is 7.54. The van der Waals surface area contributed by atoms with E-state index < -0.39 is 23.2 Å². The number of piperidine rings is 1. The molecule has 1 aliphatic heterocycles. The summed E-state index contributed by atoms with van der Waals surface area (Å²) in [5.41, 5.74) is -0.412. The minimum Gasteiger partial charge on any atom is -0.478 e. The number of rotatable bonds is 2. The molecule has 2 aliphatic rings. The Morgan fingerprint density at radius 3 is 2.52 bits per heavy atom. The third-order valence-electron chi connectivity index (χ3n) is 4.92. The Hall–Kier alpha value is -1.65. The zero-order valence-corrected chi connectivity index (χ0v) is 11.8. The largest absolute Gasteiger partial charge is 0.478 e. The van der Waals surface area contributed by atoms with Crippen LogP contribution in [-0.2, 0) is 0 Å². The summed E-state index contributed by atoms with van der Waals surface area (Å²) in [6.07, 6.45) is 5.89. The maximum atomic E-state index is 14.2. The normalized spacial score (nSPS) is 25.5. The molecule has 1 aromatic carbocycles. The molecule has 114 valence electrons. The van der Waals surface area contributed by atoms with Crippen molar-refractivity contribution in [2.75, 3.05) is 18.0 Å². The van der Waals surface area contributed by atoms with Gasteiger partial charge in [-0.15, -0.1) is 0 Å². The van der Waals surface area contributed by atoms with Crippen molar-refractivity contribution in [3.63, 3.8) is 0 Å². The van der Waals surface area contributed by atoms with Crippen LogP contribution in [0, 0.1) is 23.5 Å². The zero-order chi connectivity index (χ0) is 15.0. The number of carboxylic acids is 1. The lowest BCUT2D eigenvalue weighted by molar-refractivity contribution is 0.0690. The second kappa shape index (κ2) is 5.62. The van der Waals surface area contributed by atoms with Crippen molar-refractivity contribution in [2.45, 2.75) is 32.1 Å². The Bertz CT molecular complexity index is 561. The van der Waals surface area contributed by atoms with Crippen LogP contribution in [0.5, 0.6) is 0 Å². The van der Waals surface area contributed by atoms with E-state index in [4.69, 9.17) is 5.11 Å². The molecule has 0 amide bonds. The smallest absolute Gasteiger partial charge is 0.338 e. The Balaban J connectivity index is 1.84. The SMILES string of the molecule is O=C(O)c1ccc(N2CCC3CCCCC3C2)c(F)c1F. The summed E-state index contributed by atoms with van der Waals surface area (Å²) in [6, 6.07) is 2.55. The van der Waals surface area contributed by atoms with Gasteiger partial charge in [-0.3, -0.25) is 0 Å². The number of benzene rings is 1. The van der Waals surface area contributed by atoms with Gasteiger partial charge in [0.15, 0.2) is 11.6 Å². The number of fused-ring (bicyclic) bond motifs is 1. The predicted octanol–water partition coefficient (Wildman–Crippen LogP) is 3.68. The Morgan fingerprint density at radius 2 is 1.81 bits per heavy atom. The zero-order valence-electron chi connectivity index (χ0n) is 11.8. The van der Waals surface area contributed by atoms with E-state index in [1.54, 1.807) is 0 Å². The molecule has 3 nitrogen and oxygen atoms in total. The van der Waals surface area contributed by atoms with Crippen molar-refractivity contribution >= 4 is 11.7 Å². The first-order chi connectivity index (χ1) is 10.1. The number of carboxylic acid groups (broad SMARTS) is 1. The van der Waals surface area contributed by atoms with Gasteiger partial charge in [0.1, 0.15) is 0 Å². The molecule has 2 fully saturated rings. The summed E-state index contributed by atoms with van der Waals surface area (Å²) >= 11 is 0. The topological polar surface area (TPSA) is 40.5 Å². The van der Waals surface area contributed by atoms with Gasteiger partial charge in [0.05, 0.1) is 11.3 Å². The molecule has 1 heterocycles. The van der Waals surface area contributed by atoms with Crippen molar-refractivity contribution in [1.82, 2.24) is 0 Å². The molecule has 2 atom stereocenters. The predicted molar refractivity (Wildman–Crippen MR) is 75.6 cm³/mol. The van der Waals surface area contributed by atoms with Gasteiger partial charge in [-0.05, 0) is 36.8 Å². The first-order valence-electron chi connectivity index (χ1n) is 7.54. The fraction of sp³-hybridized carbons (Fsp3) is 0.562. The number of anilines is 1. The monoisotopic (exact) mass is 295 g/mol. The molecule has 1 saturated heterocycles. The molecule has 0 radical (unpaired) electrons. The maximum Gasteiger partial charge on any atom is 0.338 e. The van der Waals surface area contributed by atoms with E-state index >= 15 is 0 Å². The fourth-order valence-electron chi connectivity index (χ4n) is 3.77. The summed E-state index contributed by atoms with van der Waals surface area (Å²) in [4.78, 5) is 12.7. The van der Waals surface area contributed by atoms with Crippen molar-refractivity contribution in [1.29, 1.82) is 0 Å². The lowest BCUT2D eigenvalue weighted by Gasteiger charge is -2.42. The van der Waals surface area contributed by atoms with E-state index in [0.29, 0.717) is 18.4 Å². The summed E-state index contributed by atoms with van der Waals surface area (Å²) in [6.45, 7) is 1.46. The van der Waals surface area contributed by atoms with Crippen molar-refractivity contribution in [2.24, 2.45) is 11.8 Å². The second-order valence-electron chi connectivity index (χ2n) is 6.10. The molecule has 0 spiro atoms. The first kappa shape index (κ1) is 14.3. The number of aromatic carboxylic acids is 1. The standard InChI is InChI=1S/C16H19F2NO2/c17-14-12(16(20)21)5-6-13(15(14)18)19-8-7-10-3-1-2-4-11(10)9-19/h5-6,10-11H,1-4,7-9H2,(H,20,21). The van der Waals surface area contributed by atoms with Gasteiger partial charge in [-0.2, -0.15) is 0 Å². The molecule has 1 saturated carbocycles. The fourth-order valence-corrected chi connectivity index (χ4v) is 3.77. The van der Waals surface area contributed by atoms with Crippen molar-refractivity contribution in [3.05, 3.63) is 29.3 Å². The van der Waals surface area contributed by atoms with Gasteiger partial charge in [0.2, 0.25) is 0 Å². The van der Waals surface area contributed by atoms with Gasteiger partial charge in [0.25, 0.3) is 0 Å². The number of carbonyl (C=O) groups is 1. The molecular formula is C16H19F2NO2. The summed E-state index contributed by atoms with van der Waals surface area (Å²) in [7, 11) is 0. The van der Waals surface area contributed by atoms with Crippen LogP contribution >= 0.6 is 0 Å². The molecule has 1 aromatic rings. The average molecular weight is 295 g/mol. The van der Waals surface area contributed by atoms with E-state index in [-0.39, 0.29) is 5.69 Å². The maximum absolute atomic E-state index is 14.2. The molecule has 1 N–H and O–H groups in total. The molecular weight excluding hydrogens is 276 g/mol. The molecule has 5 heteroatoms. The molecule has 21 heavy (non-hydrogen) atoms. The highest BCUT2D eigenvalue weighted by atomic mass is 19.2. The van der Waals surface area contributed by atoms with Crippen LogP contribution in [0.1, 0.15) is 42.5 Å². The van der Waals surface area contributed by atoms with Crippen LogP contribution in [0.4, 0.5) is 14.5 Å². The third-order valence-corrected chi connectivity index (χ3v) is 4.92. The molecule has 0 aromatic heterocycles. The van der Waals surface area contributed by atoms with Crippen LogP contribution in [0.3, 0.4) is 0 Å². The Kier molecular flexibility index (Phi) is 3.83. The highest BCUT2D eigenvalue weighted by Crippen LogP contribution is 2.38. The summed E-state index contributed by atoms with van der Waals surface area (Å²) in [5.74, 6) is -2.48. The second-order valence-corrected chi connectivity index (χ2v) is 6.10. The van der Waals surface area contributed by atoms with E-state index in [0.717, 1.165) is 25.5 Å². The van der Waals surface area contributed by atoms with Crippen LogP contribution in [0.25, 0.3) is 0 Å². The number of hydrogen-bond acceptors (Lipinski definition) is 2. The number of hydrogen-bond donors (Lipinski definition) is 1. The van der Waals surface area contributed by atoms with Crippen LogP contribution in [-0.4, -0.2) is 24.2 Å². The molecule has 0 bridgehead atoms. The van der Waals surface area contributed by atoms with Gasteiger partial charge in [0, 0.05) is 13.1 Å². The van der Waals surface area contributed by atoms with Gasteiger partial charge in [-0.25, -0.2) is 13.6 Å². The van der Waals surface area contributed by atoms with E-state index in [1.807, 2.05) is 4.90 Å². The van der Waals surface area contributed by atoms with Crippen LogP contribution < -0.4 is 4.90 Å². The summed E-state index contributed by atoms with van der Waals surface area (Å²) < 4.78 is 28.0. The molecule has 1 aliphatic carbocycles. The van der Waals surface area contributed by atoms with E-state index in [9.17, 15) is 13.6 Å². The molecule has 3 rings (SSSR count). The highest BCUT2D eigenvalue weighted by molar-refractivity contribution is 5.88. The van der Waals surface area contributed by atoms with Gasteiger partial charge >= 0.3 is 5.97 Å². The summed E-state index contributed by atoms with van der Waals surface area (Å²) in [5, 5.41) is 8.83. The van der Waals surface area contributed by atoms with Gasteiger partial charge < -0.3 is 10.0 Å². The van der Waals surface area contributed by atoms with Crippen LogP contribution in [0.2, 0.25) is 0 Å². The van der Waals surface area contributed by atoms with Gasteiger partial charge in [-0.1, -0.05) is 19.3 Å². The van der Waals surface area contributed by atoms with Crippen molar-refractivity contribution < 1.29 is 18.7 Å². The Labute approximate surface area is 122 Å². The highest BCUT2D eigenvalue weighted by Gasteiger charge is 2.32. The number of halogens is 2. The quantitative estimate of drug-likeness (QED) is 0.905.